The maximum atomic E-state index is 13.8. The molecule has 3 aromatic heterocycles. The van der Waals surface area contributed by atoms with Crippen LogP contribution in [0, 0.1) is 12.8 Å². The number of amides is 1. The number of carbonyl (C=O) groups is 1. The number of thiophene rings is 1. The Hall–Kier alpha value is -2.08. The van der Waals surface area contributed by atoms with E-state index in [0.717, 1.165) is 32.7 Å². The van der Waals surface area contributed by atoms with Gasteiger partial charge in [0.1, 0.15) is 4.21 Å². The monoisotopic (exact) mass is 580 g/mol. The lowest BCUT2D eigenvalue weighted by Crippen LogP contribution is -2.44. The molecule has 0 bridgehead atoms. The first-order valence-corrected chi connectivity index (χ1v) is 15.1. The molecule has 1 aliphatic heterocycles. The van der Waals surface area contributed by atoms with Gasteiger partial charge in [-0.25, -0.2) is 13.4 Å². The molecule has 1 aliphatic rings. The number of rotatable bonds is 6. The van der Waals surface area contributed by atoms with Crippen molar-refractivity contribution in [2.45, 2.75) is 30.5 Å². The number of hydrogen-bond donors (Lipinski definition) is 0. The van der Waals surface area contributed by atoms with Gasteiger partial charge >= 0.3 is 0 Å². The highest BCUT2D eigenvalue weighted by atomic mass is 35.5. The second kappa shape index (κ2) is 10.4. The summed E-state index contributed by atoms with van der Waals surface area (Å²) in [4.78, 5) is 24.5. The molecule has 0 N–H and O–H groups in total. The van der Waals surface area contributed by atoms with E-state index in [1.54, 1.807) is 23.4 Å². The Balaban J connectivity index is 1.39. The van der Waals surface area contributed by atoms with Crippen molar-refractivity contribution in [3.8, 4) is 0 Å². The summed E-state index contributed by atoms with van der Waals surface area (Å²) in [6.07, 6.45) is 4.28. The van der Waals surface area contributed by atoms with Crippen molar-refractivity contribution in [3.05, 3.63) is 69.3 Å². The average Bonchev–Trinajstić information content (AvgIpc) is 3.50. The first kappa shape index (κ1) is 25.6. The van der Waals surface area contributed by atoms with Crippen LogP contribution in [-0.2, 0) is 21.4 Å². The van der Waals surface area contributed by atoms with Gasteiger partial charge in [-0.2, -0.15) is 4.31 Å². The van der Waals surface area contributed by atoms with Crippen molar-refractivity contribution in [3.63, 3.8) is 0 Å². The highest BCUT2D eigenvalue weighted by molar-refractivity contribution is 7.91. The predicted molar refractivity (Wildman–Crippen MR) is 146 cm³/mol. The van der Waals surface area contributed by atoms with Crippen LogP contribution in [0.5, 0.6) is 0 Å². The van der Waals surface area contributed by atoms with E-state index < -0.39 is 10.0 Å². The van der Waals surface area contributed by atoms with Crippen molar-refractivity contribution >= 4 is 77.2 Å². The van der Waals surface area contributed by atoms with E-state index >= 15 is 0 Å². The zero-order valence-corrected chi connectivity index (χ0v) is 23.2. The third-order valence-electron chi connectivity index (χ3n) is 6.15. The van der Waals surface area contributed by atoms with Crippen LogP contribution in [0.1, 0.15) is 24.0 Å². The normalized spacial score (nSPS) is 15.4. The number of aryl methyl sites for hydroxylation is 1. The molecule has 36 heavy (non-hydrogen) atoms. The summed E-state index contributed by atoms with van der Waals surface area (Å²) >= 11 is 14.7. The van der Waals surface area contributed by atoms with E-state index in [-0.39, 0.29) is 29.1 Å². The molecule has 0 unspecified atom stereocenters. The molecule has 7 nitrogen and oxygen atoms in total. The molecule has 1 amide bonds. The largest absolute Gasteiger partial charge is 0.283 e. The van der Waals surface area contributed by atoms with Crippen LogP contribution in [0.2, 0.25) is 9.36 Å². The zero-order chi connectivity index (χ0) is 25.4. The quantitative estimate of drug-likeness (QED) is 0.279. The maximum absolute atomic E-state index is 13.8. The lowest BCUT2D eigenvalue weighted by molar-refractivity contribution is -0.123. The van der Waals surface area contributed by atoms with Crippen LogP contribution in [0.25, 0.3) is 10.2 Å². The van der Waals surface area contributed by atoms with Gasteiger partial charge in [-0.05, 0) is 61.2 Å². The highest BCUT2D eigenvalue weighted by Gasteiger charge is 2.35. The Kier molecular flexibility index (Phi) is 7.35. The first-order chi connectivity index (χ1) is 17.2. The van der Waals surface area contributed by atoms with E-state index in [2.05, 4.69) is 4.98 Å². The van der Waals surface area contributed by atoms with Gasteiger partial charge in [0.2, 0.25) is 5.91 Å². The summed E-state index contributed by atoms with van der Waals surface area (Å²) in [5.74, 6) is -0.394. The maximum Gasteiger partial charge on any atom is 0.252 e. The minimum Gasteiger partial charge on any atom is -0.283 e. The SMILES string of the molecule is Cc1cc(Cl)cc2sc(N(Cc3cccnc3)C(=O)C3CCN(S(=O)(=O)c4ccc(Cl)s4)CC3)nc12. The van der Waals surface area contributed by atoms with Gasteiger partial charge in [-0.15, -0.1) is 11.3 Å². The fourth-order valence-electron chi connectivity index (χ4n) is 4.30. The van der Waals surface area contributed by atoms with Gasteiger partial charge in [0.25, 0.3) is 10.0 Å². The predicted octanol–water partition coefficient (Wildman–Crippen LogP) is 6.00. The lowest BCUT2D eigenvalue weighted by Gasteiger charge is -2.32. The van der Waals surface area contributed by atoms with Crippen molar-refractivity contribution in [1.82, 2.24) is 14.3 Å². The topological polar surface area (TPSA) is 83.5 Å². The number of piperidine rings is 1. The molecule has 12 heteroatoms. The van der Waals surface area contributed by atoms with E-state index in [9.17, 15) is 13.2 Å². The molecular weight excluding hydrogens is 559 g/mol. The highest BCUT2D eigenvalue weighted by Crippen LogP contribution is 2.36. The number of hydrogen-bond acceptors (Lipinski definition) is 7. The molecule has 0 spiro atoms. The smallest absolute Gasteiger partial charge is 0.252 e. The second-order valence-corrected chi connectivity index (χ2v) is 13.9. The van der Waals surface area contributed by atoms with E-state index in [1.807, 2.05) is 31.2 Å². The fourth-order valence-corrected chi connectivity index (χ4v) is 8.83. The number of fused-ring (bicyclic) bond motifs is 1. The summed E-state index contributed by atoms with van der Waals surface area (Å²) in [6.45, 7) is 2.81. The zero-order valence-electron chi connectivity index (χ0n) is 19.2. The van der Waals surface area contributed by atoms with Gasteiger partial charge in [-0.1, -0.05) is 40.6 Å². The number of carbonyl (C=O) groups excluding carboxylic acids is 1. The lowest BCUT2D eigenvalue weighted by atomic mass is 9.96. The Labute approximate surface area is 227 Å². The minimum atomic E-state index is -3.63. The Bertz CT molecular complexity index is 1510. The third kappa shape index (κ3) is 5.16. The average molecular weight is 582 g/mol. The molecule has 0 saturated carbocycles. The molecule has 1 aromatic carbocycles. The third-order valence-corrected chi connectivity index (χ3v) is 11.0. The molecule has 1 saturated heterocycles. The molecule has 5 rings (SSSR count). The minimum absolute atomic E-state index is 0.0714. The van der Waals surface area contributed by atoms with Crippen LogP contribution < -0.4 is 4.90 Å². The number of anilines is 1. The van der Waals surface area contributed by atoms with Crippen LogP contribution in [0.4, 0.5) is 5.13 Å². The van der Waals surface area contributed by atoms with Crippen LogP contribution in [0.15, 0.2) is 53.0 Å². The van der Waals surface area contributed by atoms with Gasteiger partial charge in [0.15, 0.2) is 5.13 Å². The summed E-state index contributed by atoms with van der Waals surface area (Å²) in [5.41, 5.74) is 2.65. The fraction of sp³-hybridized carbons (Fsp3) is 0.292. The van der Waals surface area contributed by atoms with E-state index in [0.29, 0.717) is 33.9 Å². The number of pyridine rings is 1. The molecule has 0 aliphatic carbocycles. The summed E-state index contributed by atoms with van der Waals surface area (Å²) in [6, 6.07) is 10.6. The van der Waals surface area contributed by atoms with E-state index in [1.165, 1.54) is 21.7 Å². The van der Waals surface area contributed by atoms with Gasteiger partial charge in [-0.3, -0.25) is 14.7 Å². The molecule has 4 aromatic rings. The van der Waals surface area contributed by atoms with Gasteiger partial charge in [0, 0.05) is 36.4 Å². The summed E-state index contributed by atoms with van der Waals surface area (Å²) < 4.78 is 29.0. The van der Waals surface area contributed by atoms with Crippen molar-refractivity contribution < 1.29 is 13.2 Å². The van der Waals surface area contributed by atoms with Crippen molar-refractivity contribution in [2.75, 3.05) is 18.0 Å². The Morgan fingerprint density at radius 3 is 2.61 bits per heavy atom. The summed E-state index contributed by atoms with van der Waals surface area (Å²) in [5, 5.41) is 1.22. The molecular formula is C24H22Cl2N4O3S3. The van der Waals surface area contributed by atoms with Crippen LogP contribution in [-0.4, -0.2) is 41.7 Å². The Morgan fingerprint density at radius 1 is 1.17 bits per heavy atom. The molecule has 1 fully saturated rings. The summed E-state index contributed by atoms with van der Waals surface area (Å²) in [7, 11) is -3.63. The van der Waals surface area contributed by atoms with E-state index in [4.69, 9.17) is 28.2 Å². The molecule has 0 radical (unpaired) electrons. The number of benzene rings is 1. The van der Waals surface area contributed by atoms with Crippen LogP contribution in [0.3, 0.4) is 0 Å². The number of thiazole rings is 1. The number of nitrogens with zero attached hydrogens (tertiary/aromatic N) is 4. The van der Waals surface area contributed by atoms with Crippen molar-refractivity contribution in [2.24, 2.45) is 5.92 Å². The number of sulfonamides is 1. The standard InChI is InChI=1S/C24H22Cl2N4O3S3/c1-15-11-18(25)12-19-22(15)28-24(34-19)30(14-16-3-2-8-27-13-16)23(31)17-6-9-29(10-7-17)36(32,33)21-5-4-20(26)35-21/h2-5,8,11-13,17H,6-7,9-10,14H2,1H3. The van der Waals surface area contributed by atoms with Gasteiger partial charge < -0.3 is 0 Å². The Morgan fingerprint density at radius 2 is 1.94 bits per heavy atom. The number of aromatic nitrogens is 2. The molecule has 4 heterocycles. The van der Waals surface area contributed by atoms with Gasteiger partial charge in [0.05, 0.1) is 21.1 Å². The molecule has 0 atom stereocenters. The first-order valence-electron chi connectivity index (χ1n) is 11.2. The van der Waals surface area contributed by atoms with Crippen LogP contribution >= 0.6 is 45.9 Å². The van der Waals surface area contributed by atoms with Crippen molar-refractivity contribution in [1.29, 1.82) is 0 Å². The number of halogens is 2. The molecule has 188 valence electrons. The second-order valence-electron chi connectivity index (χ2n) is 8.59.